The Labute approximate surface area is 177 Å². The van der Waals surface area contributed by atoms with Crippen LogP contribution in [0.2, 0.25) is 0 Å². The van der Waals surface area contributed by atoms with Crippen LogP contribution in [0, 0.1) is 0 Å². The Morgan fingerprint density at radius 3 is 2.24 bits per heavy atom. The lowest BCUT2D eigenvalue weighted by Gasteiger charge is -2.15. The number of rotatable bonds is 10. The number of nitrogens with one attached hydrogen (secondary N) is 2. The Morgan fingerprint density at radius 2 is 1.69 bits per heavy atom. The SMILES string of the molecule is CC[C@H](C)NS(=O)(=O)c1ccc(OCC(=O)N[C@@H](C)c2ccc(SC)cc2)cc1. The first-order valence-corrected chi connectivity index (χ1v) is 12.1. The number of carbonyl (C=O) groups is 1. The van der Waals surface area contributed by atoms with Crippen molar-refractivity contribution < 1.29 is 17.9 Å². The van der Waals surface area contributed by atoms with Gasteiger partial charge in [-0.25, -0.2) is 13.1 Å². The van der Waals surface area contributed by atoms with Crippen LogP contribution in [-0.2, 0) is 14.8 Å². The number of amides is 1. The molecule has 8 heteroatoms. The van der Waals surface area contributed by atoms with Gasteiger partial charge in [-0.15, -0.1) is 11.8 Å². The molecule has 6 nitrogen and oxygen atoms in total. The second-order valence-corrected chi connectivity index (χ2v) is 9.35. The van der Waals surface area contributed by atoms with Gasteiger partial charge in [-0.05, 0) is 68.5 Å². The molecule has 0 aliphatic carbocycles. The van der Waals surface area contributed by atoms with E-state index in [1.807, 2.05) is 51.3 Å². The maximum Gasteiger partial charge on any atom is 0.258 e. The predicted molar refractivity (Wildman–Crippen MR) is 117 cm³/mol. The molecule has 0 saturated carbocycles. The average Bonchev–Trinajstić information content (AvgIpc) is 2.72. The third-order valence-electron chi connectivity index (χ3n) is 4.47. The zero-order valence-corrected chi connectivity index (χ0v) is 18.8. The zero-order valence-electron chi connectivity index (χ0n) is 17.1. The summed E-state index contributed by atoms with van der Waals surface area (Å²) in [6.07, 6.45) is 2.72. The molecule has 0 aromatic heterocycles. The smallest absolute Gasteiger partial charge is 0.258 e. The van der Waals surface area contributed by atoms with E-state index in [0.717, 1.165) is 5.56 Å². The summed E-state index contributed by atoms with van der Waals surface area (Å²) in [6.45, 7) is 5.49. The standard InChI is InChI=1S/C21H28N2O4S2/c1-5-15(2)23-29(25,26)20-12-8-18(9-13-20)27-14-21(24)22-16(3)17-6-10-19(28-4)11-7-17/h6-13,15-16,23H,5,14H2,1-4H3,(H,22,24)/t15-,16-/m0/s1. The Hall–Kier alpha value is -2.03. The molecule has 0 radical (unpaired) electrons. The van der Waals surface area contributed by atoms with Crippen LogP contribution < -0.4 is 14.8 Å². The van der Waals surface area contributed by atoms with E-state index in [-0.39, 0.29) is 29.5 Å². The van der Waals surface area contributed by atoms with Crippen molar-refractivity contribution >= 4 is 27.7 Å². The molecule has 0 aliphatic rings. The molecule has 29 heavy (non-hydrogen) atoms. The summed E-state index contributed by atoms with van der Waals surface area (Å²) >= 11 is 1.67. The number of thioether (sulfide) groups is 1. The van der Waals surface area contributed by atoms with Crippen molar-refractivity contribution in [3.63, 3.8) is 0 Å². The van der Waals surface area contributed by atoms with Gasteiger partial charge in [-0.3, -0.25) is 4.79 Å². The molecule has 0 saturated heterocycles. The van der Waals surface area contributed by atoms with Crippen LogP contribution >= 0.6 is 11.8 Å². The minimum absolute atomic E-state index is 0.138. The van der Waals surface area contributed by atoms with Gasteiger partial charge in [-0.1, -0.05) is 19.1 Å². The van der Waals surface area contributed by atoms with E-state index in [2.05, 4.69) is 10.0 Å². The lowest BCUT2D eigenvalue weighted by Crippen LogP contribution is -2.32. The number of carbonyl (C=O) groups excluding carboxylic acids is 1. The summed E-state index contributed by atoms with van der Waals surface area (Å²) in [5, 5.41) is 2.89. The van der Waals surface area contributed by atoms with Gasteiger partial charge in [0.15, 0.2) is 6.61 Å². The van der Waals surface area contributed by atoms with Crippen molar-refractivity contribution in [1.29, 1.82) is 0 Å². The lowest BCUT2D eigenvalue weighted by molar-refractivity contribution is -0.123. The number of benzene rings is 2. The summed E-state index contributed by atoms with van der Waals surface area (Å²) in [5.74, 6) is 0.182. The maximum atomic E-state index is 12.3. The highest BCUT2D eigenvalue weighted by Crippen LogP contribution is 2.19. The second kappa shape index (κ2) is 10.7. The van der Waals surface area contributed by atoms with E-state index in [1.165, 1.54) is 17.0 Å². The molecule has 2 aromatic carbocycles. The first-order valence-electron chi connectivity index (χ1n) is 9.43. The Balaban J connectivity index is 1.88. The quantitative estimate of drug-likeness (QED) is 0.554. The molecule has 0 unspecified atom stereocenters. The van der Waals surface area contributed by atoms with Crippen LogP contribution in [0.4, 0.5) is 0 Å². The minimum atomic E-state index is -3.56. The fraction of sp³-hybridized carbons (Fsp3) is 0.381. The van der Waals surface area contributed by atoms with Gasteiger partial charge in [0.2, 0.25) is 10.0 Å². The van der Waals surface area contributed by atoms with E-state index in [4.69, 9.17) is 4.74 Å². The topological polar surface area (TPSA) is 84.5 Å². The van der Waals surface area contributed by atoms with Crippen LogP contribution in [0.1, 0.15) is 38.8 Å². The molecule has 0 heterocycles. The number of hydrogen-bond acceptors (Lipinski definition) is 5. The van der Waals surface area contributed by atoms with Crippen LogP contribution in [0.25, 0.3) is 0 Å². The van der Waals surface area contributed by atoms with Gasteiger partial charge >= 0.3 is 0 Å². The van der Waals surface area contributed by atoms with Crippen molar-refractivity contribution in [3.05, 3.63) is 54.1 Å². The van der Waals surface area contributed by atoms with Crippen LogP contribution in [0.3, 0.4) is 0 Å². The molecular formula is C21H28N2O4S2. The van der Waals surface area contributed by atoms with Crippen LogP contribution in [-0.4, -0.2) is 33.2 Å². The predicted octanol–water partition coefficient (Wildman–Crippen LogP) is 3.74. The molecule has 0 spiro atoms. The maximum absolute atomic E-state index is 12.3. The highest BCUT2D eigenvalue weighted by molar-refractivity contribution is 7.98. The average molecular weight is 437 g/mol. The zero-order chi connectivity index (χ0) is 21.4. The fourth-order valence-corrected chi connectivity index (χ4v) is 4.27. The van der Waals surface area contributed by atoms with Gasteiger partial charge in [0.25, 0.3) is 5.91 Å². The molecule has 2 atom stereocenters. The van der Waals surface area contributed by atoms with E-state index in [9.17, 15) is 13.2 Å². The lowest BCUT2D eigenvalue weighted by atomic mass is 10.1. The second-order valence-electron chi connectivity index (χ2n) is 6.75. The molecule has 2 rings (SSSR count). The van der Waals surface area contributed by atoms with Crippen LogP contribution in [0.5, 0.6) is 5.75 Å². The third kappa shape index (κ3) is 7.06. The highest BCUT2D eigenvalue weighted by atomic mass is 32.2. The Bertz CT molecular complexity index is 897. The summed E-state index contributed by atoms with van der Waals surface area (Å²) in [4.78, 5) is 13.5. The van der Waals surface area contributed by atoms with E-state index in [0.29, 0.717) is 12.2 Å². The molecular weight excluding hydrogens is 408 g/mol. The molecule has 0 bridgehead atoms. The monoisotopic (exact) mass is 436 g/mol. The summed E-state index contributed by atoms with van der Waals surface area (Å²) in [7, 11) is -3.56. The van der Waals surface area contributed by atoms with Crippen molar-refractivity contribution in [2.75, 3.05) is 12.9 Å². The molecule has 1 amide bonds. The summed E-state index contributed by atoms with van der Waals surface area (Å²) in [5.41, 5.74) is 1.01. The van der Waals surface area contributed by atoms with E-state index in [1.54, 1.807) is 23.9 Å². The van der Waals surface area contributed by atoms with Gasteiger partial charge in [-0.2, -0.15) is 0 Å². The van der Waals surface area contributed by atoms with Gasteiger partial charge < -0.3 is 10.1 Å². The Morgan fingerprint density at radius 1 is 1.07 bits per heavy atom. The summed E-state index contributed by atoms with van der Waals surface area (Å²) in [6, 6.07) is 13.8. The van der Waals surface area contributed by atoms with E-state index < -0.39 is 10.0 Å². The molecule has 158 valence electrons. The van der Waals surface area contributed by atoms with Crippen molar-refractivity contribution in [3.8, 4) is 5.75 Å². The number of hydrogen-bond donors (Lipinski definition) is 2. The third-order valence-corrected chi connectivity index (χ3v) is 6.81. The molecule has 2 N–H and O–H groups in total. The fourth-order valence-electron chi connectivity index (χ4n) is 2.54. The largest absolute Gasteiger partial charge is 0.484 e. The van der Waals surface area contributed by atoms with E-state index >= 15 is 0 Å². The van der Waals surface area contributed by atoms with Crippen molar-refractivity contribution in [2.45, 2.75) is 49.1 Å². The molecule has 2 aromatic rings. The number of sulfonamides is 1. The number of ether oxygens (including phenoxy) is 1. The summed E-state index contributed by atoms with van der Waals surface area (Å²) < 4.78 is 32.6. The van der Waals surface area contributed by atoms with Gasteiger partial charge in [0.05, 0.1) is 10.9 Å². The Kier molecular flexibility index (Phi) is 8.55. The van der Waals surface area contributed by atoms with Crippen molar-refractivity contribution in [1.82, 2.24) is 10.0 Å². The molecule has 0 aliphatic heterocycles. The highest BCUT2D eigenvalue weighted by Gasteiger charge is 2.16. The van der Waals surface area contributed by atoms with Crippen molar-refractivity contribution in [2.24, 2.45) is 0 Å². The normalized spacial score (nSPS) is 13.5. The minimum Gasteiger partial charge on any atom is -0.484 e. The van der Waals surface area contributed by atoms with Crippen LogP contribution in [0.15, 0.2) is 58.3 Å². The molecule has 0 fully saturated rings. The first-order chi connectivity index (χ1) is 13.7. The van der Waals surface area contributed by atoms with Gasteiger partial charge in [0.1, 0.15) is 5.75 Å². The first kappa shape index (κ1) is 23.3. The van der Waals surface area contributed by atoms with Gasteiger partial charge in [0, 0.05) is 10.9 Å².